The number of aliphatic imine (C=N–C) groups is 2. The predicted octanol–water partition coefficient (Wildman–Crippen LogP) is 8.54. The van der Waals surface area contributed by atoms with Gasteiger partial charge in [0.25, 0.3) is 0 Å². The van der Waals surface area contributed by atoms with E-state index in [1.54, 1.807) is 6.92 Å². The Hall–Kier alpha value is -2.88. The first kappa shape index (κ1) is 21.4. The molecule has 0 spiro atoms. The van der Waals surface area contributed by atoms with Gasteiger partial charge in [-0.05, 0) is 43.5 Å². The molecule has 3 nitrogen and oxygen atoms in total. The molecule has 0 saturated heterocycles. The second kappa shape index (κ2) is 9.09. The van der Waals surface area contributed by atoms with E-state index in [0.717, 1.165) is 50.6 Å². The first-order valence-electron chi connectivity index (χ1n) is 10.1. The number of nitrogens with zero attached hydrogens (tertiary/aromatic N) is 2. The van der Waals surface area contributed by atoms with Crippen LogP contribution in [0, 0.1) is 0 Å². The molecule has 0 amide bonds. The van der Waals surface area contributed by atoms with Crippen molar-refractivity contribution in [2.24, 2.45) is 9.98 Å². The first-order valence-corrected chi connectivity index (χ1v) is 10.9. The van der Waals surface area contributed by atoms with Crippen molar-refractivity contribution >= 4 is 56.1 Å². The fourth-order valence-electron chi connectivity index (χ4n) is 3.43. The van der Waals surface area contributed by atoms with E-state index in [1.165, 1.54) is 0 Å². The summed E-state index contributed by atoms with van der Waals surface area (Å²) in [5.74, 6) is 0.476. The molecule has 0 unspecified atom stereocenters. The lowest BCUT2D eigenvalue weighted by Gasteiger charge is -2.08. The van der Waals surface area contributed by atoms with Crippen LogP contribution in [-0.2, 0) is 0 Å². The van der Waals surface area contributed by atoms with Crippen molar-refractivity contribution in [3.05, 3.63) is 83.0 Å². The summed E-state index contributed by atoms with van der Waals surface area (Å²) < 4.78 is 6.21. The summed E-state index contributed by atoms with van der Waals surface area (Å²) in [5, 5.41) is 3.02. The number of rotatable bonds is 4. The van der Waals surface area contributed by atoms with Crippen molar-refractivity contribution in [1.29, 1.82) is 0 Å². The highest BCUT2D eigenvalue weighted by molar-refractivity contribution is 6.65. The highest BCUT2D eigenvalue weighted by atomic mass is 35.5. The van der Waals surface area contributed by atoms with Crippen LogP contribution in [0.3, 0.4) is 0 Å². The largest absolute Gasteiger partial charge is 0.455 e. The van der Waals surface area contributed by atoms with Crippen LogP contribution >= 0.6 is 23.2 Å². The number of hydrogen-bond donors (Lipinski definition) is 0. The maximum atomic E-state index is 6.40. The summed E-state index contributed by atoms with van der Waals surface area (Å²) in [6, 6.07) is 22.3. The van der Waals surface area contributed by atoms with Gasteiger partial charge in [0.2, 0.25) is 0 Å². The highest BCUT2D eigenvalue weighted by Gasteiger charge is 2.13. The van der Waals surface area contributed by atoms with Gasteiger partial charge in [-0.1, -0.05) is 84.7 Å². The van der Waals surface area contributed by atoms with Gasteiger partial charge in [0, 0.05) is 21.9 Å². The van der Waals surface area contributed by atoms with Crippen molar-refractivity contribution in [2.75, 3.05) is 0 Å². The number of para-hydroxylation sites is 2. The molecule has 0 aliphatic carbocycles. The third-order valence-corrected chi connectivity index (χ3v) is 5.67. The Bertz CT molecular complexity index is 1360. The van der Waals surface area contributed by atoms with Gasteiger partial charge >= 0.3 is 0 Å². The lowest BCUT2D eigenvalue weighted by atomic mass is 10.00. The topological polar surface area (TPSA) is 37.9 Å². The highest BCUT2D eigenvalue weighted by Crippen LogP contribution is 2.36. The van der Waals surface area contributed by atoms with Crippen molar-refractivity contribution in [2.45, 2.75) is 27.2 Å². The molecule has 0 atom stereocenters. The minimum atomic E-state index is 0.391. The van der Waals surface area contributed by atoms with E-state index in [2.05, 4.69) is 34.3 Å². The molecule has 0 aliphatic heterocycles. The second-order valence-corrected chi connectivity index (χ2v) is 8.24. The molecule has 0 N–H and O–H groups in total. The molecular weight excluding hydrogens is 427 g/mol. The van der Waals surface area contributed by atoms with Crippen molar-refractivity contribution in [1.82, 2.24) is 0 Å². The molecule has 4 rings (SSSR count). The van der Waals surface area contributed by atoms with E-state index in [4.69, 9.17) is 27.6 Å². The number of amidine groups is 1. The molecule has 0 aliphatic rings. The number of allylic oxidation sites excluding steroid dienone is 1. The molecule has 0 saturated carbocycles. The van der Waals surface area contributed by atoms with Gasteiger partial charge in [0.15, 0.2) is 5.84 Å². The van der Waals surface area contributed by atoms with Crippen molar-refractivity contribution in [3.8, 4) is 11.1 Å². The molecular formula is C26H22Cl2N2O. The van der Waals surface area contributed by atoms with E-state index in [1.807, 2.05) is 56.3 Å². The average Bonchev–Trinajstić information content (AvgIpc) is 3.16. The zero-order valence-corrected chi connectivity index (χ0v) is 19.1. The van der Waals surface area contributed by atoms with Crippen LogP contribution in [-0.4, -0.2) is 11.0 Å². The molecule has 1 aromatic heterocycles. The summed E-state index contributed by atoms with van der Waals surface area (Å²) in [4.78, 5) is 8.98. The molecule has 31 heavy (non-hydrogen) atoms. The summed E-state index contributed by atoms with van der Waals surface area (Å²) >= 11 is 12.5. The predicted molar refractivity (Wildman–Crippen MR) is 133 cm³/mol. The SMILES string of the molecule is CC/C(C)=C(Cl)/N=C(\N=C(C)Cl)c1cccc(-c2cccc3c2oc2ccccc23)c1. The molecule has 4 aromatic rings. The standard InChI is InChI=1S/C26H22Cl2N2O/c1-4-16(2)25(28)30-26(29-17(3)27)19-10-7-9-18(15-19)20-12-8-13-22-21-11-5-6-14-23(21)31-24(20)22/h5-15H,4H2,1-3H3/b25-16+,29-17?,30-26-. The lowest BCUT2D eigenvalue weighted by molar-refractivity contribution is 0.670. The Balaban J connectivity index is 1.88. The quantitative estimate of drug-likeness (QED) is 0.175. The fourth-order valence-corrected chi connectivity index (χ4v) is 3.73. The van der Waals surface area contributed by atoms with E-state index in [0.29, 0.717) is 16.2 Å². The van der Waals surface area contributed by atoms with Gasteiger partial charge in [-0.25, -0.2) is 9.98 Å². The molecule has 156 valence electrons. The molecule has 0 fully saturated rings. The van der Waals surface area contributed by atoms with Gasteiger partial charge in [-0.2, -0.15) is 0 Å². The summed E-state index contributed by atoms with van der Waals surface area (Å²) in [5.41, 5.74) is 5.56. The second-order valence-electron chi connectivity index (χ2n) is 7.33. The number of halogens is 2. The minimum absolute atomic E-state index is 0.391. The van der Waals surface area contributed by atoms with Crippen LogP contribution < -0.4 is 0 Å². The van der Waals surface area contributed by atoms with Crippen LogP contribution in [0.1, 0.15) is 32.8 Å². The Morgan fingerprint density at radius 3 is 2.39 bits per heavy atom. The Labute approximate surface area is 191 Å². The number of fused-ring (bicyclic) bond motifs is 3. The maximum absolute atomic E-state index is 6.40. The zero-order chi connectivity index (χ0) is 22.0. The maximum Gasteiger partial charge on any atom is 0.162 e. The minimum Gasteiger partial charge on any atom is -0.455 e. The first-order chi connectivity index (χ1) is 15.0. The number of hydrogen-bond acceptors (Lipinski definition) is 2. The molecule has 3 aromatic carbocycles. The van der Waals surface area contributed by atoms with Crippen LogP contribution in [0.5, 0.6) is 0 Å². The van der Waals surface area contributed by atoms with Gasteiger partial charge < -0.3 is 4.42 Å². The van der Waals surface area contributed by atoms with Gasteiger partial charge in [0.1, 0.15) is 21.5 Å². The zero-order valence-electron chi connectivity index (χ0n) is 17.6. The summed E-state index contributed by atoms with van der Waals surface area (Å²) in [6.45, 7) is 5.72. The van der Waals surface area contributed by atoms with Crippen molar-refractivity contribution in [3.63, 3.8) is 0 Å². The molecule has 0 radical (unpaired) electrons. The number of benzene rings is 3. The van der Waals surface area contributed by atoms with Crippen LogP contribution in [0.25, 0.3) is 33.1 Å². The Morgan fingerprint density at radius 2 is 1.61 bits per heavy atom. The van der Waals surface area contributed by atoms with Crippen LogP contribution in [0.2, 0.25) is 0 Å². The lowest BCUT2D eigenvalue weighted by Crippen LogP contribution is -2.00. The van der Waals surface area contributed by atoms with E-state index >= 15 is 0 Å². The van der Waals surface area contributed by atoms with Crippen LogP contribution in [0.15, 0.2) is 91.9 Å². The monoisotopic (exact) mass is 448 g/mol. The third-order valence-electron chi connectivity index (χ3n) is 5.18. The molecule has 1 heterocycles. The molecule has 5 heteroatoms. The fraction of sp³-hybridized carbons (Fsp3) is 0.154. The Morgan fingerprint density at radius 1 is 0.871 bits per heavy atom. The normalized spacial score (nSPS) is 13.7. The van der Waals surface area contributed by atoms with E-state index < -0.39 is 0 Å². The third kappa shape index (κ3) is 4.43. The smallest absolute Gasteiger partial charge is 0.162 e. The molecule has 0 bridgehead atoms. The number of furan rings is 1. The van der Waals surface area contributed by atoms with Gasteiger partial charge in [-0.3, -0.25) is 0 Å². The Kier molecular flexibility index (Phi) is 6.26. The summed E-state index contributed by atoms with van der Waals surface area (Å²) in [6.07, 6.45) is 0.813. The van der Waals surface area contributed by atoms with E-state index in [-0.39, 0.29) is 0 Å². The van der Waals surface area contributed by atoms with E-state index in [9.17, 15) is 0 Å². The van der Waals surface area contributed by atoms with Gasteiger partial charge in [-0.15, -0.1) is 0 Å². The average molecular weight is 449 g/mol. The van der Waals surface area contributed by atoms with Gasteiger partial charge in [0.05, 0.1) is 0 Å². The van der Waals surface area contributed by atoms with Crippen molar-refractivity contribution < 1.29 is 4.42 Å². The summed E-state index contributed by atoms with van der Waals surface area (Å²) in [7, 11) is 0. The van der Waals surface area contributed by atoms with Crippen LogP contribution in [0.4, 0.5) is 0 Å².